The zero-order chi connectivity index (χ0) is 23.1. The Morgan fingerprint density at radius 3 is 2.68 bits per heavy atom. The number of hydrogen-bond acceptors (Lipinski definition) is 6. The Morgan fingerprint density at radius 2 is 2.06 bits per heavy atom. The number of esters is 1. The van der Waals surface area contributed by atoms with Gasteiger partial charge in [-0.05, 0) is 55.3 Å². The van der Waals surface area contributed by atoms with Gasteiger partial charge in [0.1, 0.15) is 16.6 Å². The molecule has 0 aliphatic heterocycles. The van der Waals surface area contributed by atoms with E-state index >= 15 is 0 Å². The van der Waals surface area contributed by atoms with Crippen LogP contribution in [0.5, 0.6) is 0 Å². The van der Waals surface area contributed by atoms with Crippen LogP contribution in [0.3, 0.4) is 0 Å². The Hall–Kier alpha value is -3.38. The summed E-state index contributed by atoms with van der Waals surface area (Å²) >= 11 is 1.12. The smallest absolute Gasteiger partial charge is 0.349 e. The van der Waals surface area contributed by atoms with Gasteiger partial charge in [-0.2, -0.15) is 5.26 Å². The average Bonchev–Trinajstić information content (AvgIpc) is 3.27. The fourth-order valence-electron chi connectivity index (χ4n) is 2.97. The van der Waals surface area contributed by atoms with Crippen LogP contribution in [0, 0.1) is 31.1 Å². The fourth-order valence-corrected chi connectivity index (χ4v) is 3.78. The molecule has 164 valence electrons. The number of aryl methyl sites for hydroxylation is 1. The van der Waals surface area contributed by atoms with E-state index in [9.17, 15) is 19.6 Å². The van der Waals surface area contributed by atoms with Gasteiger partial charge in [0.05, 0.1) is 5.56 Å². The van der Waals surface area contributed by atoms with Crippen LogP contribution in [0.1, 0.15) is 47.6 Å². The lowest BCUT2D eigenvalue weighted by molar-refractivity contribution is -0.142. The van der Waals surface area contributed by atoms with Gasteiger partial charge >= 0.3 is 5.97 Å². The molecule has 0 aliphatic rings. The molecular weight excluding hydrogens is 416 g/mol. The van der Waals surface area contributed by atoms with Crippen LogP contribution in [-0.4, -0.2) is 29.0 Å². The van der Waals surface area contributed by atoms with Gasteiger partial charge in [0.2, 0.25) is 0 Å². The number of thiophene rings is 1. The molecule has 0 spiro atoms. The highest BCUT2D eigenvalue weighted by molar-refractivity contribution is 7.14. The molecule has 0 fully saturated rings. The first-order valence-corrected chi connectivity index (χ1v) is 10.6. The molecule has 0 aliphatic carbocycles. The van der Waals surface area contributed by atoms with E-state index in [0.29, 0.717) is 5.92 Å². The number of anilines is 1. The van der Waals surface area contributed by atoms with Crippen LogP contribution in [-0.2, 0) is 20.9 Å². The maximum Gasteiger partial charge on any atom is 0.349 e. The van der Waals surface area contributed by atoms with Crippen molar-refractivity contribution < 1.29 is 19.1 Å². The molecule has 2 aromatic rings. The third-order valence-corrected chi connectivity index (χ3v) is 5.53. The Kier molecular flexibility index (Phi) is 8.16. The molecule has 8 nitrogen and oxygen atoms in total. The van der Waals surface area contributed by atoms with Crippen molar-refractivity contribution in [3.63, 3.8) is 0 Å². The first-order valence-electron chi connectivity index (χ1n) is 9.76. The van der Waals surface area contributed by atoms with Crippen molar-refractivity contribution in [3.8, 4) is 6.07 Å². The second-order valence-electron chi connectivity index (χ2n) is 7.48. The van der Waals surface area contributed by atoms with E-state index in [1.54, 1.807) is 5.38 Å². The van der Waals surface area contributed by atoms with Gasteiger partial charge in [-0.25, -0.2) is 4.79 Å². The van der Waals surface area contributed by atoms with E-state index in [2.05, 4.69) is 23.7 Å². The topological polar surface area (TPSA) is 127 Å². The largest absolute Gasteiger partial charge is 0.451 e. The van der Waals surface area contributed by atoms with E-state index < -0.39 is 24.4 Å². The molecule has 0 saturated carbocycles. The standard InChI is InChI=1S/C22H26N4O4S/c1-13(2)5-7-26-14(3)9-16(15(26)4)10-17(11-23)22(29)30-12-19(27)25-21-18(20(24)28)6-8-31-21/h6,8-10,13H,5,7,12H2,1-4H3,(H2,24,28)(H,25,27)/b17-10-. The number of ether oxygens (including phenoxy) is 1. The van der Waals surface area contributed by atoms with Gasteiger partial charge in [-0.1, -0.05) is 13.8 Å². The lowest BCUT2D eigenvalue weighted by Crippen LogP contribution is -2.22. The van der Waals surface area contributed by atoms with E-state index in [1.807, 2.05) is 26.0 Å². The number of rotatable bonds is 9. The second-order valence-corrected chi connectivity index (χ2v) is 8.40. The lowest BCUT2D eigenvalue weighted by Gasteiger charge is -2.11. The van der Waals surface area contributed by atoms with Crippen molar-refractivity contribution in [2.75, 3.05) is 11.9 Å². The summed E-state index contributed by atoms with van der Waals surface area (Å²) in [5.41, 5.74) is 7.95. The molecule has 0 atom stereocenters. The number of nitriles is 1. The van der Waals surface area contributed by atoms with Crippen LogP contribution in [0.25, 0.3) is 6.08 Å². The molecule has 31 heavy (non-hydrogen) atoms. The molecule has 0 bridgehead atoms. The summed E-state index contributed by atoms with van der Waals surface area (Å²) in [7, 11) is 0. The zero-order valence-electron chi connectivity index (χ0n) is 18.0. The number of hydrogen-bond donors (Lipinski definition) is 2. The third-order valence-electron chi connectivity index (χ3n) is 4.70. The third kappa shape index (κ3) is 6.30. The maximum atomic E-state index is 12.3. The normalized spacial score (nSPS) is 11.3. The number of carbonyl (C=O) groups is 3. The molecule has 9 heteroatoms. The first kappa shape index (κ1) is 23.9. The Labute approximate surface area is 185 Å². The number of carbonyl (C=O) groups excluding carboxylic acids is 3. The van der Waals surface area contributed by atoms with Crippen molar-refractivity contribution in [2.24, 2.45) is 11.7 Å². The molecule has 2 heterocycles. The van der Waals surface area contributed by atoms with E-state index in [-0.39, 0.29) is 16.1 Å². The predicted octanol–water partition coefficient (Wildman–Crippen LogP) is 3.40. The summed E-state index contributed by atoms with van der Waals surface area (Å²) in [5.74, 6) is -1.65. The summed E-state index contributed by atoms with van der Waals surface area (Å²) in [5, 5.41) is 13.8. The number of amides is 2. The highest BCUT2D eigenvalue weighted by Gasteiger charge is 2.17. The number of nitrogens with zero attached hydrogens (tertiary/aromatic N) is 2. The second kappa shape index (κ2) is 10.6. The van der Waals surface area contributed by atoms with Crippen molar-refractivity contribution in [2.45, 2.75) is 40.7 Å². The fraction of sp³-hybridized carbons (Fsp3) is 0.364. The van der Waals surface area contributed by atoms with Gasteiger partial charge in [0.25, 0.3) is 11.8 Å². The van der Waals surface area contributed by atoms with Crippen LogP contribution in [0.15, 0.2) is 23.1 Å². The highest BCUT2D eigenvalue weighted by Crippen LogP contribution is 2.23. The van der Waals surface area contributed by atoms with Gasteiger partial charge < -0.3 is 20.4 Å². The van der Waals surface area contributed by atoms with Crippen molar-refractivity contribution in [3.05, 3.63) is 45.6 Å². The van der Waals surface area contributed by atoms with Crippen LogP contribution in [0.2, 0.25) is 0 Å². The Bertz CT molecular complexity index is 1060. The van der Waals surface area contributed by atoms with Crippen molar-refractivity contribution in [1.82, 2.24) is 4.57 Å². The monoisotopic (exact) mass is 442 g/mol. The summed E-state index contributed by atoms with van der Waals surface area (Å²) < 4.78 is 7.12. The van der Waals surface area contributed by atoms with Gasteiger partial charge in [-0.3, -0.25) is 9.59 Å². The summed E-state index contributed by atoms with van der Waals surface area (Å²) in [4.78, 5) is 35.7. The Balaban J connectivity index is 2.05. The molecule has 2 amide bonds. The molecule has 2 aromatic heterocycles. The minimum Gasteiger partial charge on any atom is -0.451 e. The molecule has 2 rings (SSSR count). The molecule has 3 N–H and O–H groups in total. The van der Waals surface area contributed by atoms with Gasteiger partial charge in [-0.15, -0.1) is 11.3 Å². The van der Waals surface area contributed by atoms with E-state index in [1.165, 1.54) is 12.1 Å². The molecule has 0 saturated heterocycles. The van der Waals surface area contributed by atoms with Crippen molar-refractivity contribution in [1.29, 1.82) is 5.26 Å². The minimum atomic E-state index is -0.897. The van der Waals surface area contributed by atoms with Crippen LogP contribution in [0.4, 0.5) is 5.00 Å². The summed E-state index contributed by atoms with van der Waals surface area (Å²) in [6.45, 7) is 8.48. The zero-order valence-corrected chi connectivity index (χ0v) is 18.8. The minimum absolute atomic E-state index is 0.176. The quantitative estimate of drug-likeness (QED) is 0.349. The van der Waals surface area contributed by atoms with E-state index in [4.69, 9.17) is 10.5 Å². The van der Waals surface area contributed by atoms with Gasteiger partial charge in [0, 0.05) is 17.9 Å². The SMILES string of the molecule is Cc1cc(/C=C(/C#N)C(=O)OCC(=O)Nc2sccc2C(N)=O)c(C)n1CCC(C)C. The van der Waals surface area contributed by atoms with Crippen molar-refractivity contribution >= 4 is 40.2 Å². The predicted molar refractivity (Wildman–Crippen MR) is 119 cm³/mol. The molecular formula is C22H26N4O4S. The Morgan fingerprint density at radius 1 is 1.35 bits per heavy atom. The average molecular weight is 443 g/mol. The number of nitrogens with one attached hydrogen (secondary N) is 1. The highest BCUT2D eigenvalue weighted by atomic mass is 32.1. The number of aromatic nitrogens is 1. The van der Waals surface area contributed by atoms with E-state index in [0.717, 1.165) is 41.3 Å². The lowest BCUT2D eigenvalue weighted by atomic mass is 10.1. The maximum absolute atomic E-state index is 12.3. The number of primary amides is 1. The molecule has 0 aromatic carbocycles. The molecule has 0 radical (unpaired) electrons. The summed E-state index contributed by atoms with van der Waals surface area (Å²) in [6.07, 6.45) is 2.49. The first-order chi connectivity index (χ1) is 14.6. The summed E-state index contributed by atoms with van der Waals surface area (Å²) in [6, 6.07) is 5.24. The van der Waals surface area contributed by atoms with Gasteiger partial charge in [0.15, 0.2) is 6.61 Å². The van der Waals surface area contributed by atoms with Crippen LogP contribution >= 0.6 is 11.3 Å². The number of nitrogens with two attached hydrogens (primary N) is 1. The van der Waals surface area contributed by atoms with Crippen LogP contribution < -0.4 is 11.1 Å². The molecule has 0 unspecified atom stereocenters.